The molecule has 122 valence electrons. The van der Waals surface area contributed by atoms with Crippen molar-refractivity contribution in [2.75, 3.05) is 36.8 Å². The van der Waals surface area contributed by atoms with Crippen LogP contribution in [-0.2, 0) is 10.0 Å². The molecule has 3 heterocycles. The van der Waals surface area contributed by atoms with Crippen molar-refractivity contribution in [2.24, 2.45) is 0 Å². The van der Waals surface area contributed by atoms with E-state index in [0.29, 0.717) is 25.4 Å². The van der Waals surface area contributed by atoms with Crippen molar-refractivity contribution in [3.8, 4) is 5.88 Å². The Morgan fingerprint density at radius 3 is 2.77 bits per heavy atom. The van der Waals surface area contributed by atoms with Crippen molar-refractivity contribution < 1.29 is 13.2 Å². The number of anilines is 1. The average Bonchev–Trinajstić information content (AvgIpc) is 3.19. The third-order valence-corrected chi connectivity index (χ3v) is 6.06. The molecule has 1 aromatic heterocycles. The highest BCUT2D eigenvalue weighted by Gasteiger charge is 2.31. The Morgan fingerprint density at radius 1 is 1.27 bits per heavy atom. The lowest BCUT2D eigenvalue weighted by Crippen LogP contribution is -2.32. The van der Waals surface area contributed by atoms with Gasteiger partial charge < -0.3 is 9.64 Å². The molecule has 3 rings (SSSR count). The van der Waals surface area contributed by atoms with E-state index in [9.17, 15) is 8.42 Å². The fourth-order valence-corrected chi connectivity index (χ4v) is 4.06. The van der Waals surface area contributed by atoms with Crippen molar-refractivity contribution in [1.29, 1.82) is 0 Å². The molecule has 2 aliphatic rings. The molecule has 1 unspecified atom stereocenters. The van der Waals surface area contributed by atoms with Crippen LogP contribution in [0.1, 0.15) is 26.2 Å². The van der Waals surface area contributed by atoms with Crippen LogP contribution in [0.5, 0.6) is 5.88 Å². The molecule has 0 aromatic carbocycles. The molecule has 0 radical (unpaired) electrons. The smallest absolute Gasteiger partial charge is 0.218 e. The van der Waals surface area contributed by atoms with Gasteiger partial charge in [0.1, 0.15) is 18.2 Å². The van der Waals surface area contributed by atoms with Crippen molar-refractivity contribution in [2.45, 2.75) is 32.3 Å². The highest BCUT2D eigenvalue weighted by Crippen LogP contribution is 2.23. The first-order valence-electron chi connectivity index (χ1n) is 7.80. The zero-order chi connectivity index (χ0) is 15.6. The van der Waals surface area contributed by atoms with E-state index in [1.165, 1.54) is 23.5 Å². The van der Waals surface area contributed by atoms with Crippen molar-refractivity contribution in [3.63, 3.8) is 0 Å². The summed E-state index contributed by atoms with van der Waals surface area (Å²) in [6.07, 6.45) is 4.45. The zero-order valence-electron chi connectivity index (χ0n) is 12.8. The molecule has 8 heteroatoms. The Labute approximate surface area is 131 Å². The fourth-order valence-electron chi connectivity index (χ4n) is 2.91. The Morgan fingerprint density at radius 2 is 2.05 bits per heavy atom. The monoisotopic (exact) mass is 326 g/mol. The molecular formula is C14H22N4O3S. The molecule has 2 fully saturated rings. The molecule has 0 saturated carbocycles. The molecular weight excluding hydrogens is 304 g/mol. The minimum Gasteiger partial charge on any atom is -0.473 e. The van der Waals surface area contributed by atoms with Crippen molar-refractivity contribution in [3.05, 3.63) is 12.4 Å². The van der Waals surface area contributed by atoms with E-state index in [4.69, 9.17) is 4.74 Å². The summed E-state index contributed by atoms with van der Waals surface area (Å²) in [5, 5.41) is 0. The Bertz CT molecular complexity index is 616. The number of nitrogens with zero attached hydrogens (tertiary/aromatic N) is 4. The van der Waals surface area contributed by atoms with E-state index in [1.54, 1.807) is 6.92 Å². The van der Waals surface area contributed by atoms with Gasteiger partial charge in [0, 0.05) is 25.7 Å². The Balaban J connectivity index is 1.63. The largest absolute Gasteiger partial charge is 0.473 e. The van der Waals surface area contributed by atoms with Crippen LogP contribution in [0.2, 0.25) is 0 Å². The second-order valence-corrected chi connectivity index (χ2v) is 7.95. The first kappa shape index (κ1) is 15.5. The minimum absolute atomic E-state index is 0.131. The third-order valence-electron chi connectivity index (χ3n) is 4.21. The second-order valence-electron chi connectivity index (χ2n) is 5.70. The fraction of sp³-hybridized carbons (Fsp3) is 0.714. The number of aromatic nitrogens is 2. The van der Waals surface area contributed by atoms with Crippen LogP contribution in [0, 0.1) is 0 Å². The lowest BCUT2D eigenvalue weighted by molar-refractivity contribution is 0.206. The molecule has 1 aromatic rings. The molecule has 22 heavy (non-hydrogen) atoms. The summed E-state index contributed by atoms with van der Waals surface area (Å²) in [7, 11) is -3.13. The Hall–Kier alpha value is -1.41. The number of ether oxygens (including phenoxy) is 1. The van der Waals surface area contributed by atoms with Gasteiger partial charge in [-0.2, -0.15) is 4.31 Å². The van der Waals surface area contributed by atoms with Gasteiger partial charge in [-0.1, -0.05) is 0 Å². The first-order chi connectivity index (χ1) is 10.6. The lowest BCUT2D eigenvalue weighted by Gasteiger charge is -2.18. The molecule has 0 spiro atoms. The van der Waals surface area contributed by atoms with Gasteiger partial charge in [-0.25, -0.2) is 18.4 Å². The molecule has 0 amide bonds. The third kappa shape index (κ3) is 3.33. The Kier molecular flexibility index (Phi) is 4.49. The number of hydrogen-bond acceptors (Lipinski definition) is 6. The van der Waals surface area contributed by atoms with E-state index in [-0.39, 0.29) is 11.9 Å². The van der Waals surface area contributed by atoms with Crippen LogP contribution in [0.4, 0.5) is 5.82 Å². The van der Waals surface area contributed by atoms with Crippen LogP contribution in [0.25, 0.3) is 0 Å². The average molecular weight is 326 g/mol. The van der Waals surface area contributed by atoms with Gasteiger partial charge in [0.25, 0.3) is 0 Å². The molecule has 0 aliphatic carbocycles. The zero-order valence-corrected chi connectivity index (χ0v) is 13.6. The maximum absolute atomic E-state index is 11.9. The van der Waals surface area contributed by atoms with Gasteiger partial charge >= 0.3 is 0 Å². The SMILES string of the molecule is CCS(=O)(=O)N1CCC(Oc2cc(N3CCCC3)ncn2)C1. The maximum Gasteiger partial charge on any atom is 0.218 e. The number of hydrogen-bond donors (Lipinski definition) is 0. The second kappa shape index (κ2) is 6.37. The van der Waals surface area contributed by atoms with Gasteiger partial charge in [-0.3, -0.25) is 0 Å². The molecule has 2 saturated heterocycles. The van der Waals surface area contributed by atoms with E-state index in [2.05, 4.69) is 14.9 Å². The van der Waals surface area contributed by atoms with Crippen LogP contribution in [0.15, 0.2) is 12.4 Å². The molecule has 0 N–H and O–H groups in total. The highest BCUT2D eigenvalue weighted by molar-refractivity contribution is 7.89. The van der Waals surface area contributed by atoms with E-state index in [0.717, 1.165) is 18.9 Å². The summed E-state index contributed by atoms with van der Waals surface area (Å²) in [5.41, 5.74) is 0. The highest BCUT2D eigenvalue weighted by atomic mass is 32.2. The van der Waals surface area contributed by atoms with Gasteiger partial charge in [-0.05, 0) is 26.2 Å². The standard InChI is InChI=1S/C14H22N4O3S/c1-2-22(19,20)18-8-5-12(10-18)21-14-9-13(15-11-16-14)17-6-3-4-7-17/h9,11-12H,2-8,10H2,1H3. The van der Waals surface area contributed by atoms with E-state index >= 15 is 0 Å². The maximum atomic E-state index is 11.9. The predicted octanol–water partition coefficient (Wildman–Crippen LogP) is 0.880. The topological polar surface area (TPSA) is 75.6 Å². The molecule has 0 bridgehead atoms. The predicted molar refractivity (Wildman–Crippen MR) is 83.5 cm³/mol. The normalized spacial score (nSPS) is 23.1. The van der Waals surface area contributed by atoms with Crippen LogP contribution in [-0.4, -0.2) is 60.7 Å². The summed E-state index contributed by atoms with van der Waals surface area (Å²) in [6, 6.07) is 1.85. The lowest BCUT2D eigenvalue weighted by atomic mass is 10.3. The minimum atomic E-state index is -3.13. The quantitative estimate of drug-likeness (QED) is 0.799. The van der Waals surface area contributed by atoms with Gasteiger partial charge in [0.2, 0.25) is 15.9 Å². The van der Waals surface area contributed by atoms with Gasteiger partial charge in [0.15, 0.2) is 0 Å². The number of sulfonamides is 1. The van der Waals surface area contributed by atoms with E-state index in [1.807, 2.05) is 6.07 Å². The summed E-state index contributed by atoms with van der Waals surface area (Å²) in [4.78, 5) is 10.7. The van der Waals surface area contributed by atoms with Crippen LogP contribution >= 0.6 is 0 Å². The van der Waals surface area contributed by atoms with Gasteiger partial charge in [-0.15, -0.1) is 0 Å². The summed E-state index contributed by atoms with van der Waals surface area (Å²) in [5.74, 6) is 1.54. The summed E-state index contributed by atoms with van der Waals surface area (Å²) >= 11 is 0. The molecule has 2 aliphatic heterocycles. The van der Waals surface area contributed by atoms with Gasteiger partial charge in [0.05, 0.1) is 12.3 Å². The van der Waals surface area contributed by atoms with Crippen LogP contribution in [0.3, 0.4) is 0 Å². The number of rotatable bonds is 5. The van der Waals surface area contributed by atoms with Crippen LogP contribution < -0.4 is 9.64 Å². The summed E-state index contributed by atoms with van der Waals surface area (Å²) in [6.45, 7) is 4.62. The van der Waals surface area contributed by atoms with Crippen molar-refractivity contribution >= 4 is 15.8 Å². The molecule has 1 atom stereocenters. The van der Waals surface area contributed by atoms with Crippen molar-refractivity contribution in [1.82, 2.24) is 14.3 Å². The first-order valence-corrected chi connectivity index (χ1v) is 9.41. The van der Waals surface area contributed by atoms with E-state index < -0.39 is 10.0 Å². The molecule has 7 nitrogen and oxygen atoms in total. The summed E-state index contributed by atoms with van der Waals surface area (Å²) < 4.78 is 31.1.